The first kappa shape index (κ1) is 20.3. The van der Waals surface area contributed by atoms with Crippen LogP contribution in [-0.4, -0.2) is 32.0 Å². The monoisotopic (exact) mass is 406 g/mol. The fourth-order valence-electron chi connectivity index (χ4n) is 3.08. The van der Waals surface area contributed by atoms with Gasteiger partial charge in [0.25, 0.3) is 0 Å². The van der Waals surface area contributed by atoms with E-state index < -0.39 is 12.7 Å². The van der Waals surface area contributed by atoms with E-state index in [0.717, 1.165) is 16.7 Å². The SMILES string of the molecule is Cc1ccccc1-c1nn(CN(Cc2ccccc2)CC(F)(F)F)c(=S)n1C. The Morgan fingerprint density at radius 1 is 1.04 bits per heavy atom. The molecular formula is C20H21F3N4S. The normalized spacial score (nSPS) is 11.9. The largest absolute Gasteiger partial charge is 0.401 e. The molecule has 0 aliphatic heterocycles. The molecule has 3 aromatic rings. The minimum Gasteiger partial charge on any atom is -0.303 e. The third-order valence-electron chi connectivity index (χ3n) is 4.41. The lowest BCUT2D eigenvalue weighted by Crippen LogP contribution is -2.35. The van der Waals surface area contributed by atoms with E-state index in [1.165, 1.54) is 9.58 Å². The molecule has 0 saturated carbocycles. The molecule has 3 rings (SSSR count). The molecule has 0 saturated heterocycles. The number of halogens is 3. The second kappa shape index (κ2) is 8.28. The lowest BCUT2D eigenvalue weighted by molar-refractivity contribution is -0.151. The first-order valence-electron chi connectivity index (χ1n) is 8.77. The lowest BCUT2D eigenvalue weighted by Gasteiger charge is -2.23. The fourth-order valence-corrected chi connectivity index (χ4v) is 3.26. The molecular weight excluding hydrogens is 385 g/mol. The van der Waals surface area contributed by atoms with Crippen molar-refractivity contribution in [2.45, 2.75) is 26.3 Å². The van der Waals surface area contributed by atoms with Crippen molar-refractivity contribution < 1.29 is 13.2 Å². The number of hydrogen-bond donors (Lipinski definition) is 0. The number of aryl methyl sites for hydroxylation is 1. The molecule has 0 unspecified atom stereocenters. The van der Waals surface area contributed by atoms with Gasteiger partial charge in [0.1, 0.15) is 0 Å². The van der Waals surface area contributed by atoms with Crippen molar-refractivity contribution in [2.24, 2.45) is 7.05 Å². The molecule has 4 nitrogen and oxygen atoms in total. The van der Waals surface area contributed by atoms with Crippen molar-refractivity contribution >= 4 is 12.2 Å². The zero-order chi connectivity index (χ0) is 20.3. The summed E-state index contributed by atoms with van der Waals surface area (Å²) in [5.41, 5.74) is 2.72. The van der Waals surface area contributed by atoms with Crippen LogP contribution in [-0.2, 0) is 20.3 Å². The van der Waals surface area contributed by atoms with Crippen LogP contribution < -0.4 is 0 Å². The smallest absolute Gasteiger partial charge is 0.303 e. The summed E-state index contributed by atoms with van der Waals surface area (Å²) in [6.45, 7) is 1.02. The highest BCUT2D eigenvalue weighted by molar-refractivity contribution is 7.71. The maximum absolute atomic E-state index is 13.1. The van der Waals surface area contributed by atoms with Crippen molar-refractivity contribution in [3.63, 3.8) is 0 Å². The summed E-state index contributed by atoms with van der Waals surface area (Å²) in [6, 6.07) is 16.8. The predicted molar refractivity (Wildman–Crippen MR) is 105 cm³/mol. The Bertz CT molecular complexity index is 993. The number of nitrogens with zero attached hydrogens (tertiary/aromatic N) is 4. The van der Waals surface area contributed by atoms with E-state index in [1.54, 1.807) is 23.7 Å². The molecule has 1 aromatic heterocycles. The highest BCUT2D eigenvalue weighted by Gasteiger charge is 2.31. The highest BCUT2D eigenvalue weighted by atomic mass is 32.1. The maximum Gasteiger partial charge on any atom is 0.401 e. The van der Waals surface area contributed by atoms with Gasteiger partial charge in [-0.3, -0.25) is 4.90 Å². The summed E-state index contributed by atoms with van der Waals surface area (Å²) < 4.78 is 42.9. The van der Waals surface area contributed by atoms with Crippen LogP contribution in [0.3, 0.4) is 0 Å². The minimum atomic E-state index is -4.31. The van der Waals surface area contributed by atoms with Gasteiger partial charge in [0.05, 0.1) is 13.2 Å². The van der Waals surface area contributed by atoms with Gasteiger partial charge in [-0.15, -0.1) is 0 Å². The van der Waals surface area contributed by atoms with Crippen LogP contribution in [0, 0.1) is 11.7 Å². The third kappa shape index (κ3) is 4.88. The summed E-state index contributed by atoms with van der Waals surface area (Å²) in [4.78, 5) is 1.29. The number of hydrogen-bond acceptors (Lipinski definition) is 3. The van der Waals surface area contributed by atoms with Gasteiger partial charge in [-0.2, -0.15) is 18.3 Å². The molecule has 0 aliphatic rings. The van der Waals surface area contributed by atoms with E-state index in [2.05, 4.69) is 5.10 Å². The van der Waals surface area contributed by atoms with Gasteiger partial charge in [-0.1, -0.05) is 54.6 Å². The van der Waals surface area contributed by atoms with Crippen molar-refractivity contribution in [3.05, 3.63) is 70.5 Å². The molecule has 28 heavy (non-hydrogen) atoms. The molecule has 148 valence electrons. The highest BCUT2D eigenvalue weighted by Crippen LogP contribution is 2.23. The molecule has 2 aromatic carbocycles. The molecule has 8 heteroatoms. The second-order valence-electron chi connectivity index (χ2n) is 6.71. The number of benzene rings is 2. The molecule has 0 radical (unpaired) electrons. The first-order valence-corrected chi connectivity index (χ1v) is 9.18. The van der Waals surface area contributed by atoms with Crippen molar-refractivity contribution in [3.8, 4) is 11.4 Å². The molecule has 0 bridgehead atoms. The standard InChI is InChI=1S/C20H21F3N4S/c1-15-8-6-7-11-17(15)18-24-27(19(28)25(18)2)14-26(13-20(21,22)23)12-16-9-4-3-5-10-16/h3-11H,12-14H2,1-2H3. The van der Waals surface area contributed by atoms with E-state index in [9.17, 15) is 13.2 Å². The Kier molecular flexibility index (Phi) is 6.00. The molecule has 0 spiro atoms. The summed E-state index contributed by atoms with van der Waals surface area (Å²) in [6.07, 6.45) is -4.31. The zero-order valence-electron chi connectivity index (χ0n) is 15.6. The van der Waals surface area contributed by atoms with Gasteiger partial charge in [0.15, 0.2) is 10.6 Å². The van der Waals surface area contributed by atoms with E-state index in [4.69, 9.17) is 12.2 Å². The van der Waals surface area contributed by atoms with Crippen LogP contribution in [0.4, 0.5) is 13.2 Å². The van der Waals surface area contributed by atoms with Gasteiger partial charge < -0.3 is 4.57 Å². The van der Waals surface area contributed by atoms with Gasteiger partial charge in [0.2, 0.25) is 0 Å². The summed E-state index contributed by atoms with van der Waals surface area (Å²) >= 11 is 5.44. The van der Waals surface area contributed by atoms with Gasteiger partial charge in [-0.05, 0) is 30.3 Å². The van der Waals surface area contributed by atoms with Crippen molar-refractivity contribution in [1.82, 2.24) is 19.2 Å². The molecule has 0 amide bonds. The van der Waals surface area contributed by atoms with E-state index in [1.807, 2.05) is 49.4 Å². The second-order valence-corrected chi connectivity index (χ2v) is 7.07. The Labute approximate surface area is 166 Å². The quantitative estimate of drug-likeness (QED) is 0.542. The number of alkyl halides is 3. The lowest BCUT2D eigenvalue weighted by atomic mass is 10.1. The van der Waals surface area contributed by atoms with Crippen LogP contribution in [0.15, 0.2) is 54.6 Å². The van der Waals surface area contributed by atoms with Gasteiger partial charge in [-0.25, -0.2) is 4.68 Å². The Hall–Kier alpha value is -2.45. The molecule has 0 fully saturated rings. The minimum absolute atomic E-state index is 0.0487. The molecule has 0 atom stereocenters. The van der Waals surface area contributed by atoms with Crippen molar-refractivity contribution in [1.29, 1.82) is 0 Å². The van der Waals surface area contributed by atoms with E-state index >= 15 is 0 Å². The van der Waals surface area contributed by atoms with E-state index in [-0.39, 0.29) is 13.2 Å². The molecule has 0 aliphatic carbocycles. The fraction of sp³-hybridized carbons (Fsp3) is 0.300. The number of aromatic nitrogens is 3. The topological polar surface area (TPSA) is 26.0 Å². The maximum atomic E-state index is 13.1. The summed E-state index contributed by atoms with van der Waals surface area (Å²) in [7, 11) is 1.78. The van der Waals surface area contributed by atoms with Gasteiger partial charge in [0, 0.05) is 19.2 Å². The van der Waals surface area contributed by atoms with Crippen LogP contribution in [0.25, 0.3) is 11.4 Å². The average molecular weight is 406 g/mol. The summed E-state index contributed by atoms with van der Waals surface area (Å²) in [5.74, 6) is 0.634. The van der Waals surface area contributed by atoms with E-state index in [0.29, 0.717) is 10.6 Å². The third-order valence-corrected chi connectivity index (χ3v) is 4.90. The average Bonchev–Trinajstić information content (AvgIpc) is 2.90. The zero-order valence-corrected chi connectivity index (χ0v) is 16.5. The number of rotatable bonds is 6. The van der Waals surface area contributed by atoms with Crippen LogP contribution in [0.2, 0.25) is 0 Å². The van der Waals surface area contributed by atoms with Crippen molar-refractivity contribution in [2.75, 3.05) is 6.54 Å². The molecule has 0 N–H and O–H groups in total. The Morgan fingerprint density at radius 3 is 2.32 bits per heavy atom. The van der Waals surface area contributed by atoms with Crippen LogP contribution in [0.5, 0.6) is 0 Å². The molecule has 1 heterocycles. The van der Waals surface area contributed by atoms with Crippen LogP contribution in [0.1, 0.15) is 11.1 Å². The Balaban J connectivity index is 1.91. The van der Waals surface area contributed by atoms with Gasteiger partial charge >= 0.3 is 6.18 Å². The van der Waals surface area contributed by atoms with Crippen LogP contribution >= 0.6 is 12.2 Å². The predicted octanol–water partition coefficient (Wildman–Crippen LogP) is 4.95. The first-order chi connectivity index (χ1) is 13.2. The summed E-state index contributed by atoms with van der Waals surface area (Å²) in [5, 5.41) is 4.52. The Morgan fingerprint density at radius 2 is 1.68 bits per heavy atom.